The second-order valence-electron chi connectivity index (χ2n) is 4.96. The molecule has 0 saturated carbocycles. The molecule has 0 spiro atoms. The Labute approximate surface area is 105 Å². The Balaban J connectivity index is 2.19. The lowest BCUT2D eigenvalue weighted by Crippen LogP contribution is -2.45. The number of nitrogens with zero attached hydrogens (tertiary/aromatic N) is 1. The molecular formula is C15H24N2. The van der Waals surface area contributed by atoms with Gasteiger partial charge in [-0.2, -0.15) is 0 Å². The summed E-state index contributed by atoms with van der Waals surface area (Å²) in [5, 5.41) is 3.49. The van der Waals surface area contributed by atoms with Crippen LogP contribution in [-0.2, 0) is 6.42 Å². The Morgan fingerprint density at radius 1 is 1.35 bits per heavy atom. The normalized spacial score (nSPS) is 20.4. The van der Waals surface area contributed by atoms with E-state index in [9.17, 15) is 0 Å². The molecule has 0 fully saturated rings. The van der Waals surface area contributed by atoms with Crippen LogP contribution in [0.25, 0.3) is 0 Å². The Hall–Kier alpha value is -1.02. The Morgan fingerprint density at radius 3 is 2.82 bits per heavy atom. The van der Waals surface area contributed by atoms with Gasteiger partial charge in [0.2, 0.25) is 0 Å². The van der Waals surface area contributed by atoms with E-state index in [4.69, 9.17) is 0 Å². The van der Waals surface area contributed by atoms with Crippen molar-refractivity contribution < 1.29 is 0 Å². The molecule has 0 saturated heterocycles. The van der Waals surface area contributed by atoms with Crippen LogP contribution in [0.5, 0.6) is 0 Å². The second kappa shape index (κ2) is 5.54. The molecule has 2 nitrogen and oxygen atoms in total. The molecule has 2 rings (SSSR count). The fourth-order valence-electron chi connectivity index (χ4n) is 2.90. The summed E-state index contributed by atoms with van der Waals surface area (Å²) in [6.45, 7) is 8.95. The monoisotopic (exact) mass is 232 g/mol. The molecule has 1 aliphatic rings. The highest BCUT2D eigenvalue weighted by Gasteiger charge is 2.29. The third-order valence-electron chi connectivity index (χ3n) is 3.75. The van der Waals surface area contributed by atoms with Gasteiger partial charge >= 0.3 is 0 Å². The first-order valence-electron chi connectivity index (χ1n) is 6.84. The molecule has 1 aromatic rings. The highest BCUT2D eigenvalue weighted by molar-refractivity contribution is 5.60. The van der Waals surface area contributed by atoms with Crippen molar-refractivity contribution in [2.24, 2.45) is 0 Å². The summed E-state index contributed by atoms with van der Waals surface area (Å²) in [6.07, 6.45) is 2.39. The first-order chi connectivity index (χ1) is 8.27. The minimum Gasteiger partial charge on any atom is -0.364 e. The number of benzene rings is 1. The number of likely N-dealkylation sites (N-methyl/N-ethyl adjacent to an activating group) is 1. The van der Waals surface area contributed by atoms with E-state index >= 15 is 0 Å². The van der Waals surface area contributed by atoms with Gasteiger partial charge in [0.1, 0.15) is 0 Å². The number of hydrogen-bond acceptors (Lipinski definition) is 2. The van der Waals surface area contributed by atoms with E-state index in [2.05, 4.69) is 55.3 Å². The molecule has 0 aromatic heterocycles. The first kappa shape index (κ1) is 12.4. The van der Waals surface area contributed by atoms with E-state index in [0.717, 1.165) is 13.1 Å². The number of anilines is 1. The van der Waals surface area contributed by atoms with E-state index < -0.39 is 0 Å². The van der Waals surface area contributed by atoms with E-state index in [1.165, 1.54) is 24.1 Å². The van der Waals surface area contributed by atoms with Gasteiger partial charge in [-0.1, -0.05) is 32.0 Å². The van der Waals surface area contributed by atoms with Gasteiger partial charge in [-0.15, -0.1) is 0 Å². The summed E-state index contributed by atoms with van der Waals surface area (Å²) in [5.74, 6) is 0. The van der Waals surface area contributed by atoms with Crippen molar-refractivity contribution in [3.63, 3.8) is 0 Å². The van der Waals surface area contributed by atoms with Crippen LogP contribution < -0.4 is 10.2 Å². The molecule has 0 aliphatic carbocycles. The van der Waals surface area contributed by atoms with Crippen molar-refractivity contribution in [2.45, 2.75) is 45.7 Å². The van der Waals surface area contributed by atoms with Crippen molar-refractivity contribution >= 4 is 5.69 Å². The average molecular weight is 232 g/mol. The number of nitrogens with one attached hydrogen (secondary N) is 1. The fraction of sp³-hybridized carbons (Fsp3) is 0.600. The molecule has 1 heterocycles. The summed E-state index contributed by atoms with van der Waals surface area (Å²) in [6, 6.07) is 10.1. The lowest BCUT2D eigenvalue weighted by atomic mass is 10.1. The zero-order valence-electron chi connectivity index (χ0n) is 11.2. The predicted octanol–water partition coefficient (Wildman–Crippen LogP) is 2.83. The maximum atomic E-state index is 3.49. The van der Waals surface area contributed by atoms with Gasteiger partial charge < -0.3 is 10.2 Å². The summed E-state index contributed by atoms with van der Waals surface area (Å²) in [7, 11) is 0. The van der Waals surface area contributed by atoms with Crippen molar-refractivity contribution in [2.75, 3.05) is 18.0 Å². The van der Waals surface area contributed by atoms with Gasteiger partial charge in [-0.3, -0.25) is 0 Å². The molecule has 17 heavy (non-hydrogen) atoms. The molecule has 94 valence electrons. The van der Waals surface area contributed by atoms with Gasteiger partial charge in [0, 0.05) is 24.3 Å². The lowest BCUT2D eigenvalue weighted by Gasteiger charge is -2.34. The summed E-state index contributed by atoms with van der Waals surface area (Å²) < 4.78 is 0. The van der Waals surface area contributed by atoms with Crippen molar-refractivity contribution in [1.82, 2.24) is 5.32 Å². The Bertz CT molecular complexity index is 362. The van der Waals surface area contributed by atoms with Crippen molar-refractivity contribution in [3.05, 3.63) is 29.8 Å². The SMILES string of the molecule is CCNCC(CC)N1c2ccccc2CC1C. The smallest absolute Gasteiger partial charge is 0.0415 e. The van der Waals surface area contributed by atoms with Crippen LogP contribution in [0, 0.1) is 0 Å². The molecule has 2 atom stereocenters. The number of fused-ring (bicyclic) bond motifs is 1. The minimum absolute atomic E-state index is 0.619. The van der Waals surface area contributed by atoms with Crippen LogP contribution in [0.4, 0.5) is 5.69 Å². The van der Waals surface area contributed by atoms with Crippen molar-refractivity contribution in [3.8, 4) is 0 Å². The van der Waals surface area contributed by atoms with E-state index in [-0.39, 0.29) is 0 Å². The van der Waals surface area contributed by atoms with Crippen LogP contribution >= 0.6 is 0 Å². The number of rotatable bonds is 5. The highest BCUT2D eigenvalue weighted by Crippen LogP contribution is 2.33. The molecule has 0 bridgehead atoms. The summed E-state index contributed by atoms with van der Waals surface area (Å²) in [4.78, 5) is 2.61. The molecular weight excluding hydrogens is 208 g/mol. The molecule has 1 N–H and O–H groups in total. The maximum absolute atomic E-state index is 3.49. The van der Waals surface area contributed by atoms with Crippen LogP contribution in [-0.4, -0.2) is 25.2 Å². The van der Waals surface area contributed by atoms with E-state index in [1.54, 1.807) is 0 Å². The summed E-state index contributed by atoms with van der Waals surface area (Å²) in [5.41, 5.74) is 2.96. The van der Waals surface area contributed by atoms with Gasteiger partial charge in [0.25, 0.3) is 0 Å². The van der Waals surface area contributed by atoms with Crippen LogP contribution in [0.3, 0.4) is 0 Å². The Kier molecular flexibility index (Phi) is 4.06. The first-order valence-corrected chi connectivity index (χ1v) is 6.84. The number of para-hydroxylation sites is 1. The average Bonchev–Trinajstić information content (AvgIpc) is 2.67. The molecule has 2 unspecified atom stereocenters. The highest BCUT2D eigenvalue weighted by atomic mass is 15.2. The van der Waals surface area contributed by atoms with Crippen LogP contribution in [0.15, 0.2) is 24.3 Å². The molecule has 0 radical (unpaired) electrons. The largest absolute Gasteiger partial charge is 0.364 e. The topological polar surface area (TPSA) is 15.3 Å². The third-order valence-corrected chi connectivity index (χ3v) is 3.75. The Morgan fingerprint density at radius 2 is 2.12 bits per heavy atom. The van der Waals surface area contributed by atoms with Gasteiger partial charge in [0.05, 0.1) is 0 Å². The van der Waals surface area contributed by atoms with E-state index in [1.807, 2.05) is 0 Å². The van der Waals surface area contributed by atoms with Crippen LogP contribution in [0.1, 0.15) is 32.8 Å². The van der Waals surface area contributed by atoms with Gasteiger partial charge in [-0.05, 0) is 37.9 Å². The molecule has 0 amide bonds. The number of hydrogen-bond donors (Lipinski definition) is 1. The summed E-state index contributed by atoms with van der Waals surface area (Å²) >= 11 is 0. The zero-order valence-corrected chi connectivity index (χ0v) is 11.2. The lowest BCUT2D eigenvalue weighted by molar-refractivity contribution is 0.497. The van der Waals surface area contributed by atoms with Crippen LogP contribution in [0.2, 0.25) is 0 Å². The molecule has 2 heteroatoms. The maximum Gasteiger partial charge on any atom is 0.0415 e. The second-order valence-corrected chi connectivity index (χ2v) is 4.96. The molecule has 1 aliphatic heterocycles. The third kappa shape index (κ3) is 2.47. The van der Waals surface area contributed by atoms with Crippen molar-refractivity contribution in [1.29, 1.82) is 0 Å². The fourth-order valence-corrected chi connectivity index (χ4v) is 2.90. The van der Waals surface area contributed by atoms with E-state index in [0.29, 0.717) is 12.1 Å². The molecule has 1 aromatic carbocycles. The standard InChI is InChI=1S/C15H24N2/c1-4-14(11-16-5-2)17-12(3)10-13-8-6-7-9-15(13)17/h6-9,12,14,16H,4-5,10-11H2,1-3H3. The quantitative estimate of drug-likeness (QED) is 0.840. The van der Waals surface area contributed by atoms with Gasteiger partial charge in [-0.25, -0.2) is 0 Å². The predicted molar refractivity (Wildman–Crippen MR) is 74.7 cm³/mol. The minimum atomic E-state index is 0.619. The van der Waals surface area contributed by atoms with Gasteiger partial charge in [0.15, 0.2) is 0 Å². The zero-order chi connectivity index (χ0) is 12.3.